The van der Waals surface area contributed by atoms with Gasteiger partial charge in [0, 0.05) is 49.4 Å². The van der Waals surface area contributed by atoms with Crippen molar-refractivity contribution >= 4 is 37.9 Å². The van der Waals surface area contributed by atoms with Gasteiger partial charge in [-0.1, -0.05) is 0 Å². The van der Waals surface area contributed by atoms with Gasteiger partial charge in [0.05, 0.1) is 27.8 Å². The normalized spacial score (nSPS) is 15.6. The maximum Gasteiger partial charge on any atom is 0.208 e. The third-order valence-electron chi connectivity index (χ3n) is 12.1. The number of hydrogen-bond acceptors (Lipinski definition) is 27. The maximum absolute atomic E-state index is 11.9. The SMILES string of the molecule is OC1=C(O)C2Oc3c(c(O)c4c(O)c(O)c(O)c(O)c4c3O)C2C(c2c3c(O)c(O)c(O)c(O)c3c(-c3c(O)c(O)c(O)c(O)c3-c3c(O)c(O)c(O)c(O)c3O)c3c(O)c(O)c(O)c(O)c23)=C1O. The highest BCUT2D eigenvalue weighted by Crippen LogP contribution is 2.70. The van der Waals surface area contributed by atoms with E-state index < -0.39 is 239 Å². The van der Waals surface area contributed by atoms with Crippen molar-refractivity contribution in [2.45, 2.75) is 12.0 Å². The second-order valence-electron chi connectivity index (χ2n) is 15.4. The van der Waals surface area contributed by atoms with Crippen molar-refractivity contribution in [1.82, 2.24) is 0 Å². The summed E-state index contributed by atoms with van der Waals surface area (Å²) in [7, 11) is 0. The summed E-state index contributed by atoms with van der Waals surface area (Å²) < 4.78 is 5.68. The number of phenolic OH excluding ortho intramolecular Hbond substituents is 23. The van der Waals surface area contributed by atoms with Gasteiger partial charge in [0.1, 0.15) is 5.75 Å². The molecule has 2 unspecified atom stereocenters. The van der Waals surface area contributed by atoms with E-state index in [1.165, 1.54) is 0 Å². The highest BCUT2D eigenvalue weighted by Gasteiger charge is 2.52. The van der Waals surface area contributed by atoms with E-state index in [0.29, 0.717) is 0 Å². The summed E-state index contributed by atoms with van der Waals surface area (Å²) in [4.78, 5) is 0. The lowest BCUT2D eigenvalue weighted by Crippen LogP contribution is -2.29. The molecule has 0 bridgehead atoms. The minimum Gasteiger partial charge on any atom is -0.507 e. The third-order valence-corrected chi connectivity index (χ3v) is 12.1. The Morgan fingerprint density at radius 2 is 0.522 bits per heavy atom. The van der Waals surface area contributed by atoms with Crippen LogP contribution in [0.25, 0.3) is 60.1 Å². The number of phenols is 23. The van der Waals surface area contributed by atoms with E-state index in [-0.39, 0.29) is 0 Å². The van der Waals surface area contributed by atoms with Crippen LogP contribution in [0.15, 0.2) is 17.3 Å². The fourth-order valence-electron chi connectivity index (χ4n) is 8.96. The molecule has 0 amide bonds. The molecule has 27 heteroatoms. The molecular formula is C42H28O27. The largest absolute Gasteiger partial charge is 0.507 e. The highest BCUT2D eigenvalue weighted by atomic mass is 16.5. The standard InChI is InChI=1S/C42H28O27/c43-15-12-13(26(54)35(63)34(62)25(12)53)27(55)42-14(15)10-8(21(49)38(66)40(68)41(10)69-42)2-5-3(16(44)28(56)30(58)18(5)46)1(4-6(2)19(47)31(59)29(57)17(4)45)7-9(22(50)33(61)32(60)20(7)48)11-23(51)36(64)39(67)37(65)24(11)52/h10,41,43-68H. The Morgan fingerprint density at radius 3 is 0.913 bits per heavy atom. The van der Waals surface area contributed by atoms with E-state index in [4.69, 9.17) is 4.74 Å². The topological polar surface area (TPSA) is 535 Å². The van der Waals surface area contributed by atoms with Gasteiger partial charge in [-0.3, -0.25) is 0 Å². The molecule has 2 aliphatic rings. The van der Waals surface area contributed by atoms with E-state index in [9.17, 15) is 133 Å². The molecule has 7 aromatic carbocycles. The zero-order valence-electron chi connectivity index (χ0n) is 33.2. The Labute approximate surface area is 375 Å². The summed E-state index contributed by atoms with van der Waals surface area (Å²) >= 11 is 0. The molecule has 0 saturated carbocycles. The minimum absolute atomic E-state index is 0.972. The Hall–Kier alpha value is -10.6. The smallest absolute Gasteiger partial charge is 0.208 e. The van der Waals surface area contributed by atoms with Gasteiger partial charge >= 0.3 is 0 Å². The van der Waals surface area contributed by atoms with Crippen LogP contribution < -0.4 is 4.74 Å². The van der Waals surface area contributed by atoms with Crippen molar-refractivity contribution in [2.75, 3.05) is 0 Å². The summed E-state index contributed by atoms with van der Waals surface area (Å²) in [6, 6.07) is 0. The minimum atomic E-state index is -2.36. The third kappa shape index (κ3) is 4.91. The quantitative estimate of drug-likeness (QED) is 0.0679. The van der Waals surface area contributed by atoms with Crippen molar-refractivity contribution in [1.29, 1.82) is 0 Å². The lowest BCUT2D eigenvalue weighted by molar-refractivity contribution is 0.158. The van der Waals surface area contributed by atoms with Crippen molar-refractivity contribution < 1.29 is 138 Å². The van der Waals surface area contributed by atoms with Crippen LogP contribution in [-0.4, -0.2) is 139 Å². The lowest BCUT2D eigenvalue weighted by Gasteiger charge is -2.31. The Kier molecular flexibility index (Phi) is 8.52. The van der Waals surface area contributed by atoms with Gasteiger partial charge in [0.15, 0.2) is 92.4 Å². The zero-order chi connectivity index (χ0) is 51.0. The van der Waals surface area contributed by atoms with Crippen LogP contribution in [0.4, 0.5) is 0 Å². The van der Waals surface area contributed by atoms with E-state index in [1.54, 1.807) is 0 Å². The molecule has 27 nitrogen and oxygen atoms in total. The number of fused-ring (bicyclic) bond motifs is 6. The summed E-state index contributed by atoms with van der Waals surface area (Å²) in [5, 5.41) is 282. The second-order valence-corrected chi connectivity index (χ2v) is 15.4. The number of hydrogen-bond donors (Lipinski definition) is 26. The Balaban J connectivity index is 1.60. The fraction of sp³-hybridized carbons (Fsp3) is 0.0476. The molecule has 358 valence electrons. The average molecular weight is 965 g/mol. The molecule has 69 heavy (non-hydrogen) atoms. The predicted molar refractivity (Wildman–Crippen MR) is 224 cm³/mol. The van der Waals surface area contributed by atoms with E-state index in [2.05, 4.69) is 0 Å². The predicted octanol–water partition coefficient (Wildman–Crippen LogP) is 3.86. The van der Waals surface area contributed by atoms with Gasteiger partial charge in [-0.25, -0.2) is 0 Å². The van der Waals surface area contributed by atoms with Crippen LogP contribution in [-0.2, 0) is 0 Å². The van der Waals surface area contributed by atoms with Gasteiger partial charge in [0.25, 0.3) is 0 Å². The van der Waals surface area contributed by atoms with E-state index in [1.807, 2.05) is 0 Å². The number of aromatic hydroxyl groups is 23. The van der Waals surface area contributed by atoms with Crippen LogP contribution in [0.5, 0.6) is 138 Å². The first kappa shape index (κ1) is 43.6. The Bertz CT molecular complexity index is 3610. The molecule has 9 rings (SSSR count). The van der Waals surface area contributed by atoms with E-state index in [0.717, 1.165) is 0 Å². The van der Waals surface area contributed by atoms with Crippen LogP contribution in [0, 0.1) is 0 Å². The zero-order valence-corrected chi connectivity index (χ0v) is 33.2. The van der Waals surface area contributed by atoms with Gasteiger partial charge in [0.2, 0.25) is 63.2 Å². The molecule has 0 saturated heterocycles. The van der Waals surface area contributed by atoms with Crippen molar-refractivity contribution in [2.24, 2.45) is 0 Å². The number of ether oxygens (including phenoxy) is 1. The molecule has 0 aromatic heterocycles. The lowest BCUT2D eigenvalue weighted by atomic mass is 9.73. The molecule has 0 radical (unpaired) electrons. The molecule has 1 heterocycles. The number of rotatable bonds is 3. The fourth-order valence-corrected chi connectivity index (χ4v) is 8.96. The summed E-state index contributed by atoms with van der Waals surface area (Å²) in [5.41, 5.74) is -9.69. The van der Waals surface area contributed by atoms with Crippen LogP contribution >= 0.6 is 0 Å². The first-order chi connectivity index (χ1) is 32.2. The Morgan fingerprint density at radius 1 is 0.232 bits per heavy atom. The molecular weight excluding hydrogens is 936 g/mol. The van der Waals surface area contributed by atoms with Crippen molar-refractivity contribution in [3.05, 3.63) is 28.4 Å². The van der Waals surface area contributed by atoms with Gasteiger partial charge in [-0.15, -0.1) is 0 Å². The molecule has 1 aliphatic carbocycles. The van der Waals surface area contributed by atoms with Gasteiger partial charge in [-0.2, -0.15) is 0 Å². The second kappa shape index (κ2) is 13.5. The molecule has 1 aliphatic heterocycles. The van der Waals surface area contributed by atoms with Crippen molar-refractivity contribution in [3.63, 3.8) is 0 Å². The number of aliphatic hydroxyl groups is 3. The van der Waals surface area contributed by atoms with Gasteiger partial charge < -0.3 is 138 Å². The molecule has 2 atom stereocenters. The van der Waals surface area contributed by atoms with Crippen LogP contribution in [0.2, 0.25) is 0 Å². The summed E-state index contributed by atoms with van der Waals surface area (Å²) in [6.07, 6.45) is -2.33. The highest BCUT2D eigenvalue weighted by molar-refractivity contribution is 6.29. The first-order valence-electron chi connectivity index (χ1n) is 18.7. The molecule has 0 spiro atoms. The number of benzene rings is 7. The van der Waals surface area contributed by atoms with Crippen molar-refractivity contribution in [3.8, 4) is 160 Å². The summed E-state index contributed by atoms with van der Waals surface area (Å²) in [5.74, 6) is -46.9. The molecule has 0 fully saturated rings. The average Bonchev–Trinajstić information content (AvgIpc) is 3.73. The maximum atomic E-state index is 11.9. The molecule has 7 aromatic rings. The number of aliphatic hydroxyl groups excluding tert-OH is 3. The van der Waals surface area contributed by atoms with Gasteiger partial charge in [-0.05, 0) is 0 Å². The van der Waals surface area contributed by atoms with E-state index >= 15 is 0 Å². The molecule has 26 N–H and O–H groups in total. The first-order valence-corrected chi connectivity index (χ1v) is 18.7. The van der Waals surface area contributed by atoms with Crippen LogP contribution in [0.1, 0.15) is 17.0 Å². The van der Waals surface area contributed by atoms with Crippen LogP contribution in [0.3, 0.4) is 0 Å². The summed E-state index contributed by atoms with van der Waals surface area (Å²) in [6.45, 7) is 0. The monoisotopic (exact) mass is 964 g/mol.